The molecule has 3 aromatic rings. The highest BCUT2D eigenvalue weighted by molar-refractivity contribution is 6.32. The molecule has 21 heavy (non-hydrogen) atoms. The summed E-state index contributed by atoms with van der Waals surface area (Å²) in [5.74, 6) is 0.627. The van der Waals surface area contributed by atoms with Crippen LogP contribution >= 0.6 is 11.6 Å². The second-order valence-electron chi connectivity index (χ2n) is 4.85. The molecule has 0 radical (unpaired) electrons. The van der Waals surface area contributed by atoms with Gasteiger partial charge in [-0.25, -0.2) is 0 Å². The van der Waals surface area contributed by atoms with Gasteiger partial charge in [0.25, 0.3) is 0 Å². The smallest absolute Gasteiger partial charge is 0.138 e. The molecule has 3 aromatic carbocycles. The summed E-state index contributed by atoms with van der Waals surface area (Å²) in [5, 5.41) is 12.0. The van der Waals surface area contributed by atoms with E-state index in [1.54, 1.807) is 12.1 Å². The van der Waals surface area contributed by atoms with Crippen molar-refractivity contribution in [1.82, 2.24) is 0 Å². The summed E-state index contributed by atoms with van der Waals surface area (Å²) < 4.78 is 5.82. The lowest BCUT2D eigenvalue weighted by molar-refractivity contribution is 0.281. The monoisotopic (exact) mass is 298 g/mol. The van der Waals surface area contributed by atoms with Crippen LogP contribution in [0.25, 0.3) is 10.8 Å². The quantitative estimate of drug-likeness (QED) is 0.765. The molecular formula is C18H15ClO2. The van der Waals surface area contributed by atoms with Gasteiger partial charge in [-0.3, -0.25) is 0 Å². The fourth-order valence-corrected chi connectivity index (χ4v) is 2.59. The van der Waals surface area contributed by atoms with Crippen molar-refractivity contribution in [2.75, 3.05) is 0 Å². The minimum Gasteiger partial charge on any atom is -0.487 e. The molecule has 0 aliphatic carbocycles. The third-order valence-corrected chi connectivity index (χ3v) is 3.74. The first-order valence-electron chi connectivity index (χ1n) is 6.76. The Hall–Kier alpha value is -2.03. The van der Waals surface area contributed by atoms with E-state index in [0.29, 0.717) is 17.4 Å². The fraction of sp³-hybridized carbons (Fsp3) is 0.111. The summed E-state index contributed by atoms with van der Waals surface area (Å²) in [6, 6.07) is 19.7. The van der Waals surface area contributed by atoms with Crippen LogP contribution in [0.5, 0.6) is 5.75 Å². The van der Waals surface area contributed by atoms with Crippen LogP contribution in [0.1, 0.15) is 11.1 Å². The van der Waals surface area contributed by atoms with Crippen molar-refractivity contribution >= 4 is 22.4 Å². The Morgan fingerprint density at radius 3 is 2.57 bits per heavy atom. The van der Waals surface area contributed by atoms with Crippen molar-refractivity contribution in [1.29, 1.82) is 0 Å². The first-order valence-corrected chi connectivity index (χ1v) is 7.14. The van der Waals surface area contributed by atoms with E-state index in [2.05, 4.69) is 24.3 Å². The van der Waals surface area contributed by atoms with Crippen molar-refractivity contribution in [3.05, 3.63) is 76.8 Å². The molecule has 0 bridgehead atoms. The molecule has 0 atom stereocenters. The van der Waals surface area contributed by atoms with Crippen LogP contribution in [0.15, 0.2) is 60.7 Å². The van der Waals surface area contributed by atoms with E-state index in [1.165, 1.54) is 10.8 Å². The van der Waals surface area contributed by atoms with E-state index in [0.717, 1.165) is 11.1 Å². The van der Waals surface area contributed by atoms with E-state index < -0.39 is 0 Å². The summed E-state index contributed by atoms with van der Waals surface area (Å²) in [7, 11) is 0. The molecule has 0 aliphatic rings. The molecule has 0 aliphatic heterocycles. The molecule has 0 spiro atoms. The van der Waals surface area contributed by atoms with E-state index >= 15 is 0 Å². The normalized spacial score (nSPS) is 10.8. The van der Waals surface area contributed by atoms with Gasteiger partial charge in [0.15, 0.2) is 0 Å². The lowest BCUT2D eigenvalue weighted by Crippen LogP contribution is -1.97. The largest absolute Gasteiger partial charge is 0.487 e. The van der Waals surface area contributed by atoms with E-state index in [4.69, 9.17) is 21.4 Å². The fourth-order valence-electron chi connectivity index (χ4n) is 2.33. The van der Waals surface area contributed by atoms with Gasteiger partial charge >= 0.3 is 0 Å². The minimum atomic E-state index is -0.0245. The Balaban J connectivity index is 1.84. The highest BCUT2D eigenvalue weighted by atomic mass is 35.5. The molecule has 0 fully saturated rings. The summed E-state index contributed by atoms with van der Waals surface area (Å²) >= 11 is 6.16. The van der Waals surface area contributed by atoms with Gasteiger partial charge in [0.1, 0.15) is 12.4 Å². The topological polar surface area (TPSA) is 29.5 Å². The molecule has 0 saturated heterocycles. The summed E-state index contributed by atoms with van der Waals surface area (Å²) in [5.41, 5.74) is 1.90. The van der Waals surface area contributed by atoms with Crippen LogP contribution in [0.3, 0.4) is 0 Å². The average molecular weight is 299 g/mol. The van der Waals surface area contributed by atoms with Crippen LogP contribution in [-0.4, -0.2) is 5.11 Å². The van der Waals surface area contributed by atoms with Crippen LogP contribution in [0.4, 0.5) is 0 Å². The van der Waals surface area contributed by atoms with E-state index in [-0.39, 0.29) is 6.61 Å². The molecule has 0 aromatic heterocycles. The van der Waals surface area contributed by atoms with Crippen molar-refractivity contribution in [2.24, 2.45) is 0 Å². The first-order chi connectivity index (χ1) is 10.3. The highest BCUT2D eigenvalue weighted by Gasteiger charge is 2.05. The molecule has 0 heterocycles. The number of aliphatic hydroxyl groups is 1. The van der Waals surface area contributed by atoms with Gasteiger partial charge in [-0.15, -0.1) is 0 Å². The molecule has 0 amide bonds. The molecular weight excluding hydrogens is 284 g/mol. The minimum absolute atomic E-state index is 0.0245. The standard InChI is InChI=1S/C18H15ClO2/c19-17-10-13(11-20)8-9-18(17)21-12-15-6-3-5-14-4-1-2-7-16(14)15/h1-10,20H,11-12H2. The maximum absolute atomic E-state index is 9.08. The van der Waals surface area contributed by atoms with Crippen molar-refractivity contribution < 1.29 is 9.84 Å². The van der Waals surface area contributed by atoms with Gasteiger partial charge in [0.05, 0.1) is 11.6 Å². The van der Waals surface area contributed by atoms with Crippen LogP contribution in [0, 0.1) is 0 Å². The Bertz CT molecular complexity index is 763. The zero-order valence-electron chi connectivity index (χ0n) is 11.4. The summed E-state index contributed by atoms with van der Waals surface area (Å²) in [6.45, 7) is 0.433. The number of halogens is 1. The predicted octanol–water partition coefficient (Wildman–Crippen LogP) is 4.56. The third kappa shape index (κ3) is 3.02. The van der Waals surface area contributed by atoms with Crippen LogP contribution < -0.4 is 4.74 Å². The van der Waals surface area contributed by atoms with Gasteiger partial charge < -0.3 is 9.84 Å². The first kappa shape index (κ1) is 13.9. The number of aliphatic hydroxyl groups excluding tert-OH is 1. The maximum Gasteiger partial charge on any atom is 0.138 e. The average Bonchev–Trinajstić information content (AvgIpc) is 2.53. The molecule has 0 saturated carbocycles. The maximum atomic E-state index is 9.08. The lowest BCUT2D eigenvalue weighted by atomic mass is 10.1. The summed E-state index contributed by atoms with van der Waals surface area (Å²) in [4.78, 5) is 0. The summed E-state index contributed by atoms with van der Waals surface area (Å²) in [6.07, 6.45) is 0. The van der Waals surface area contributed by atoms with Crippen molar-refractivity contribution in [2.45, 2.75) is 13.2 Å². The number of hydrogen-bond acceptors (Lipinski definition) is 2. The number of rotatable bonds is 4. The van der Waals surface area contributed by atoms with E-state index in [9.17, 15) is 0 Å². The second kappa shape index (κ2) is 6.17. The predicted molar refractivity (Wildman–Crippen MR) is 85.7 cm³/mol. The highest BCUT2D eigenvalue weighted by Crippen LogP contribution is 2.27. The molecule has 106 valence electrons. The lowest BCUT2D eigenvalue weighted by Gasteiger charge is -2.11. The Labute approximate surface area is 128 Å². The van der Waals surface area contributed by atoms with Gasteiger partial charge in [0, 0.05) is 0 Å². The number of hydrogen-bond donors (Lipinski definition) is 1. The van der Waals surface area contributed by atoms with Gasteiger partial charge in [-0.05, 0) is 34.0 Å². The Kier molecular flexibility index (Phi) is 4.09. The second-order valence-corrected chi connectivity index (χ2v) is 5.26. The van der Waals surface area contributed by atoms with Gasteiger partial charge in [-0.2, -0.15) is 0 Å². The molecule has 0 unspecified atom stereocenters. The molecule has 3 rings (SSSR count). The van der Waals surface area contributed by atoms with Crippen molar-refractivity contribution in [3.8, 4) is 5.75 Å². The zero-order valence-corrected chi connectivity index (χ0v) is 12.2. The molecule has 3 heteroatoms. The van der Waals surface area contributed by atoms with Crippen LogP contribution in [-0.2, 0) is 13.2 Å². The Morgan fingerprint density at radius 1 is 0.952 bits per heavy atom. The number of benzene rings is 3. The number of ether oxygens (including phenoxy) is 1. The molecule has 1 N–H and O–H groups in total. The van der Waals surface area contributed by atoms with Gasteiger partial charge in [-0.1, -0.05) is 60.1 Å². The van der Waals surface area contributed by atoms with Crippen molar-refractivity contribution in [3.63, 3.8) is 0 Å². The number of fused-ring (bicyclic) bond motifs is 1. The SMILES string of the molecule is OCc1ccc(OCc2cccc3ccccc23)c(Cl)c1. The zero-order chi connectivity index (χ0) is 14.7. The third-order valence-electron chi connectivity index (χ3n) is 3.44. The Morgan fingerprint density at radius 2 is 1.76 bits per heavy atom. The van der Waals surface area contributed by atoms with Crippen LogP contribution in [0.2, 0.25) is 5.02 Å². The molecule has 2 nitrogen and oxygen atoms in total. The van der Waals surface area contributed by atoms with E-state index in [1.807, 2.05) is 24.3 Å². The van der Waals surface area contributed by atoms with Gasteiger partial charge in [0.2, 0.25) is 0 Å².